The van der Waals surface area contributed by atoms with Crippen molar-refractivity contribution in [1.82, 2.24) is 9.88 Å². The zero-order valence-corrected chi connectivity index (χ0v) is 10.8. The predicted octanol–water partition coefficient (Wildman–Crippen LogP) is 2.56. The minimum atomic E-state index is 0.495. The van der Waals surface area contributed by atoms with E-state index < -0.39 is 0 Å². The maximum atomic E-state index is 5.71. The molecule has 1 fully saturated rings. The molecule has 2 rings (SSSR count). The lowest BCUT2D eigenvalue weighted by Gasteiger charge is -2.22. The minimum Gasteiger partial charge on any atom is -0.378 e. The fourth-order valence-corrected chi connectivity index (χ4v) is 2.43. The molecule has 0 bridgehead atoms. The summed E-state index contributed by atoms with van der Waals surface area (Å²) in [6.07, 6.45) is 7.60. The van der Waals surface area contributed by atoms with E-state index in [1.165, 1.54) is 25.0 Å². The predicted molar refractivity (Wildman–Crippen MR) is 70.0 cm³/mol. The van der Waals surface area contributed by atoms with E-state index in [1.54, 1.807) is 0 Å². The summed E-state index contributed by atoms with van der Waals surface area (Å²) in [5, 5.41) is 3.51. The number of nitrogens with zero attached hydrogens (tertiary/aromatic N) is 1. The quantitative estimate of drug-likeness (QED) is 0.768. The molecule has 0 amide bonds. The molecule has 1 aliphatic rings. The molecule has 1 atom stereocenters. The van der Waals surface area contributed by atoms with E-state index in [2.05, 4.69) is 35.1 Å². The van der Waals surface area contributed by atoms with Crippen molar-refractivity contribution in [3.63, 3.8) is 0 Å². The molecule has 0 saturated carbocycles. The summed E-state index contributed by atoms with van der Waals surface area (Å²) in [7, 11) is 0. The van der Waals surface area contributed by atoms with E-state index in [1.807, 2.05) is 0 Å². The third kappa shape index (κ3) is 3.86. The van der Waals surface area contributed by atoms with Crippen LogP contribution in [0.1, 0.15) is 38.3 Å². The van der Waals surface area contributed by atoms with Crippen molar-refractivity contribution in [3.05, 3.63) is 24.0 Å². The smallest absolute Gasteiger partial charge is 0.0587 e. The summed E-state index contributed by atoms with van der Waals surface area (Å²) in [5.74, 6) is 0. The van der Waals surface area contributed by atoms with Gasteiger partial charge in [-0.25, -0.2) is 0 Å². The molecule has 96 valence electrons. The summed E-state index contributed by atoms with van der Waals surface area (Å²) in [6.45, 7) is 6.21. The van der Waals surface area contributed by atoms with Crippen LogP contribution in [0.5, 0.6) is 0 Å². The molecule has 0 aliphatic carbocycles. The van der Waals surface area contributed by atoms with Crippen LogP contribution in [0.2, 0.25) is 0 Å². The van der Waals surface area contributed by atoms with Gasteiger partial charge < -0.3 is 14.6 Å². The third-order valence-electron chi connectivity index (χ3n) is 3.49. The molecule has 1 aromatic rings. The zero-order chi connectivity index (χ0) is 11.9. The summed E-state index contributed by atoms with van der Waals surface area (Å²) < 4.78 is 8.00. The molecule has 1 aromatic heterocycles. The van der Waals surface area contributed by atoms with Gasteiger partial charge in [-0.2, -0.15) is 0 Å². The second-order valence-electron chi connectivity index (χ2n) is 4.74. The van der Waals surface area contributed by atoms with Crippen LogP contribution in [0.4, 0.5) is 0 Å². The maximum Gasteiger partial charge on any atom is 0.0587 e. The van der Waals surface area contributed by atoms with E-state index in [0.29, 0.717) is 6.10 Å². The Bertz CT molecular complexity index is 316. The molecule has 1 aliphatic heterocycles. The fraction of sp³-hybridized carbons (Fsp3) is 0.714. The molecule has 17 heavy (non-hydrogen) atoms. The molecule has 0 radical (unpaired) electrons. The van der Waals surface area contributed by atoms with Crippen molar-refractivity contribution in [2.45, 2.75) is 51.8 Å². The van der Waals surface area contributed by atoms with Crippen LogP contribution < -0.4 is 5.32 Å². The van der Waals surface area contributed by atoms with Crippen molar-refractivity contribution >= 4 is 0 Å². The molecule has 1 N–H and O–H groups in total. The maximum absolute atomic E-state index is 5.71. The van der Waals surface area contributed by atoms with Crippen molar-refractivity contribution < 1.29 is 4.74 Å². The van der Waals surface area contributed by atoms with Crippen molar-refractivity contribution in [2.75, 3.05) is 13.2 Å². The van der Waals surface area contributed by atoms with Gasteiger partial charge in [-0.05, 0) is 51.3 Å². The van der Waals surface area contributed by atoms with Gasteiger partial charge in [-0.15, -0.1) is 0 Å². The molecular formula is C14H24N2O. The van der Waals surface area contributed by atoms with Crippen molar-refractivity contribution in [1.29, 1.82) is 0 Å². The Balaban J connectivity index is 1.62. The number of hydrogen-bond donors (Lipinski definition) is 1. The van der Waals surface area contributed by atoms with Gasteiger partial charge in [0.15, 0.2) is 0 Å². The number of rotatable bonds is 6. The third-order valence-corrected chi connectivity index (χ3v) is 3.49. The summed E-state index contributed by atoms with van der Waals surface area (Å²) >= 11 is 0. The highest BCUT2D eigenvalue weighted by Gasteiger charge is 2.12. The Kier molecular flexibility index (Phi) is 5.08. The minimum absolute atomic E-state index is 0.495. The first-order valence-corrected chi connectivity index (χ1v) is 6.86. The zero-order valence-electron chi connectivity index (χ0n) is 10.8. The van der Waals surface area contributed by atoms with Gasteiger partial charge in [0.25, 0.3) is 0 Å². The Morgan fingerprint density at radius 2 is 2.41 bits per heavy atom. The van der Waals surface area contributed by atoms with Gasteiger partial charge in [0.05, 0.1) is 6.10 Å². The lowest BCUT2D eigenvalue weighted by Crippen LogP contribution is -2.25. The van der Waals surface area contributed by atoms with E-state index in [-0.39, 0.29) is 0 Å². The van der Waals surface area contributed by atoms with Crippen LogP contribution in [0.15, 0.2) is 18.3 Å². The van der Waals surface area contributed by atoms with Crippen molar-refractivity contribution in [2.24, 2.45) is 0 Å². The number of ether oxygens (including phenoxy) is 1. The largest absolute Gasteiger partial charge is 0.378 e. The summed E-state index contributed by atoms with van der Waals surface area (Å²) in [4.78, 5) is 0. The SMILES string of the molecule is CCn1cccc1CNCCC1CCCCO1. The highest BCUT2D eigenvalue weighted by atomic mass is 16.5. The van der Waals surface area contributed by atoms with Crippen LogP contribution in [0, 0.1) is 0 Å². The molecular weight excluding hydrogens is 212 g/mol. The number of hydrogen-bond acceptors (Lipinski definition) is 2. The number of aryl methyl sites for hydroxylation is 1. The number of nitrogens with one attached hydrogen (secondary N) is 1. The Hall–Kier alpha value is -0.800. The second kappa shape index (κ2) is 6.82. The van der Waals surface area contributed by atoms with Crippen molar-refractivity contribution in [3.8, 4) is 0 Å². The number of aromatic nitrogens is 1. The highest BCUT2D eigenvalue weighted by molar-refractivity contribution is 5.06. The van der Waals surface area contributed by atoms with Crippen LogP contribution in [0.25, 0.3) is 0 Å². The molecule has 1 saturated heterocycles. The van der Waals surface area contributed by atoms with E-state index in [9.17, 15) is 0 Å². The Morgan fingerprint density at radius 1 is 1.47 bits per heavy atom. The van der Waals surface area contributed by atoms with Gasteiger partial charge >= 0.3 is 0 Å². The lowest BCUT2D eigenvalue weighted by atomic mass is 10.1. The lowest BCUT2D eigenvalue weighted by molar-refractivity contribution is 0.0115. The molecule has 0 spiro atoms. The van der Waals surface area contributed by atoms with Gasteiger partial charge in [-0.1, -0.05) is 0 Å². The van der Waals surface area contributed by atoms with Crippen LogP contribution >= 0.6 is 0 Å². The van der Waals surface area contributed by atoms with Crippen LogP contribution in [-0.4, -0.2) is 23.8 Å². The molecule has 0 aromatic carbocycles. The van der Waals surface area contributed by atoms with Gasteiger partial charge in [-0.3, -0.25) is 0 Å². The standard InChI is InChI=1S/C14H24N2O/c1-2-16-10-5-6-13(16)12-15-9-8-14-7-3-4-11-17-14/h5-6,10,14-15H,2-4,7-9,11-12H2,1H3. The van der Waals surface area contributed by atoms with Gasteiger partial charge in [0.2, 0.25) is 0 Å². The molecule has 2 heterocycles. The van der Waals surface area contributed by atoms with Crippen LogP contribution in [-0.2, 0) is 17.8 Å². The Labute approximate surface area is 104 Å². The first-order chi connectivity index (χ1) is 8.40. The Morgan fingerprint density at radius 3 is 3.18 bits per heavy atom. The van der Waals surface area contributed by atoms with Gasteiger partial charge in [0.1, 0.15) is 0 Å². The van der Waals surface area contributed by atoms with E-state index >= 15 is 0 Å². The van der Waals surface area contributed by atoms with E-state index in [4.69, 9.17) is 4.74 Å². The normalized spacial score (nSPS) is 20.6. The topological polar surface area (TPSA) is 26.2 Å². The first-order valence-electron chi connectivity index (χ1n) is 6.86. The monoisotopic (exact) mass is 236 g/mol. The second-order valence-corrected chi connectivity index (χ2v) is 4.74. The highest BCUT2D eigenvalue weighted by Crippen LogP contribution is 2.14. The molecule has 1 unspecified atom stereocenters. The average Bonchev–Trinajstić information content (AvgIpc) is 2.83. The summed E-state index contributed by atoms with van der Waals surface area (Å²) in [6, 6.07) is 4.30. The summed E-state index contributed by atoms with van der Waals surface area (Å²) in [5.41, 5.74) is 1.37. The van der Waals surface area contributed by atoms with E-state index in [0.717, 1.165) is 32.7 Å². The average molecular weight is 236 g/mol. The fourth-order valence-electron chi connectivity index (χ4n) is 2.43. The molecule has 3 nitrogen and oxygen atoms in total. The van der Waals surface area contributed by atoms with Crippen LogP contribution in [0.3, 0.4) is 0 Å². The first kappa shape index (κ1) is 12.7. The van der Waals surface area contributed by atoms with Gasteiger partial charge in [0, 0.05) is 31.6 Å². The molecule has 3 heteroatoms.